The van der Waals surface area contributed by atoms with Gasteiger partial charge < -0.3 is 14.7 Å². The van der Waals surface area contributed by atoms with Crippen LogP contribution in [0.2, 0.25) is 0 Å². The summed E-state index contributed by atoms with van der Waals surface area (Å²) in [5.41, 5.74) is 41.1. The first-order valence-electron chi connectivity index (χ1n) is 50.9. The number of benzene rings is 21. The molecule has 0 heterocycles. The number of anilines is 9. The second kappa shape index (κ2) is 35.8. The molecule has 4 nitrogen and oxygen atoms in total. The van der Waals surface area contributed by atoms with Gasteiger partial charge in [-0.15, -0.1) is 0 Å². The van der Waals surface area contributed by atoms with Gasteiger partial charge in [0.1, 0.15) is 11.6 Å². The molecule has 0 fully saturated rings. The minimum absolute atomic E-state index is 0.147. The fraction of sp³-hybridized carbons (Fsp3) is 0.0929. The highest BCUT2D eigenvalue weighted by molar-refractivity contribution is 5.97. The van der Waals surface area contributed by atoms with Crippen LogP contribution in [0.1, 0.15) is 153 Å². The van der Waals surface area contributed by atoms with E-state index in [0.29, 0.717) is 11.4 Å². The third-order valence-electron chi connectivity index (χ3n) is 32.4. The fourth-order valence-corrected chi connectivity index (χ4v) is 25.7. The highest BCUT2D eigenvalue weighted by Gasteiger charge is 2.51. The highest BCUT2D eigenvalue weighted by Crippen LogP contribution is 2.64. The van der Waals surface area contributed by atoms with E-state index in [2.05, 4.69) is 482 Å². The van der Waals surface area contributed by atoms with Gasteiger partial charge in [-0.05, 0) is 306 Å². The van der Waals surface area contributed by atoms with Crippen LogP contribution in [0.4, 0.5) is 73.1 Å². The summed E-state index contributed by atoms with van der Waals surface area (Å²) in [4.78, 5) is 6.40. The van der Waals surface area contributed by atoms with Crippen LogP contribution in [0.5, 0.6) is 0 Å². The van der Waals surface area contributed by atoms with Crippen LogP contribution in [0.15, 0.2) is 504 Å². The number of alkyl halides is 3. The molecule has 0 radical (unpaired) electrons. The minimum atomic E-state index is -4.43. The van der Waals surface area contributed by atoms with Crippen molar-refractivity contribution in [1.82, 2.24) is 0 Å². The number of halogens is 5. The second-order valence-corrected chi connectivity index (χ2v) is 41.3. The Morgan fingerprint density at radius 2 is 0.416 bits per heavy atom. The Balaban J connectivity index is 0.000000116. The Bertz CT molecular complexity index is 8760. The van der Waals surface area contributed by atoms with Crippen LogP contribution in [-0.4, -0.2) is 0 Å². The smallest absolute Gasteiger partial charge is 0.310 e. The molecule has 21 aromatic carbocycles. The Morgan fingerprint density at radius 3 is 0.678 bits per heavy atom. The van der Waals surface area contributed by atoms with Crippen molar-refractivity contribution >= 4 is 51.2 Å². The molecule has 0 bridgehead atoms. The van der Waals surface area contributed by atoms with Gasteiger partial charge in [-0.2, -0.15) is 18.4 Å². The van der Waals surface area contributed by atoms with Crippen molar-refractivity contribution in [3.63, 3.8) is 0 Å². The molecule has 149 heavy (non-hydrogen) atoms. The lowest BCUT2D eigenvalue weighted by molar-refractivity contribution is -0.137. The molecule has 0 aromatic heterocycles. The Morgan fingerprint density at radius 1 is 0.201 bits per heavy atom. The molecule has 6 aliphatic carbocycles. The minimum Gasteiger partial charge on any atom is -0.310 e. The molecule has 0 N–H and O–H groups in total. The molecule has 716 valence electrons. The standard InChI is InChI=1S/C47H34F3N.C47H33FN2.C46H34FN/c1-45(2)41-19-11-9-17-37(41)39-27-25-35(29-43(39)45)51(34-23-21-33(22-24-34)47(48,49)50)36-26-28-40-38-18-10-12-20-42(38)46(44(40)30-36,31-13-5-3-6-14-31)32-15-7-4-8-16-32;1-46(2)40-19-11-9-17-36(40)38-24-22-34(28-42(38)46)50(45-26-21-31(30-49)27-44(45)48)35-23-25-39-37-18-10-12-20-41(37)47(43(39)29-35,32-13-5-3-6-14-32)33-15-7-4-8-16-33;1-45(2)41-19-11-9-17-37(41)39-27-25-35(29-43(39)45)48(34-23-21-33(47)22-24-34)36-26-28-40-38-18-10-12-20-42(38)46(44(40)30-36,31-13-5-3-6-14-31)32-15-7-4-8-16-32/h3-30H,1-2H3;3-29H,1-2H3;3-30H,1-2H3. The van der Waals surface area contributed by atoms with Crippen LogP contribution in [0.25, 0.3) is 66.8 Å². The van der Waals surface area contributed by atoms with Gasteiger partial charge >= 0.3 is 6.18 Å². The average Bonchev–Trinajstić information content (AvgIpc) is 1.54. The van der Waals surface area contributed by atoms with E-state index in [4.69, 9.17) is 0 Å². The Hall–Kier alpha value is -17.8. The summed E-state index contributed by atoms with van der Waals surface area (Å²) in [5.74, 6) is -0.700. The normalized spacial score (nSPS) is 14.5. The van der Waals surface area contributed by atoms with Crippen LogP contribution in [0.3, 0.4) is 0 Å². The van der Waals surface area contributed by atoms with E-state index in [1.165, 1.54) is 152 Å². The topological polar surface area (TPSA) is 33.5 Å². The van der Waals surface area contributed by atoms with Crippen molar-refractivity contribution in [1.29, 1.82) is 5.26 Å². The summed E-state index contributed by atoms with van der Waals surface area (Å²) in [6.45, 7) is 13.6. The number of rotatable bonds is 15. The van der Waals surface area contributed by atoms with Crippen molar-refractivity contribution in [3.8, 4) is 72.8 Å². The quantitative estimate of drug-likeness (QED) is 0.0958. The van der Waals surface area contributed by atoms with Gasteiger partial charge in [-0.1, -0.05) is 406 Å². The maximum Gasteiger partial charge on any atom is 0.416 e. The second-order valence-electron chi connectivity index (χ2n) is 41.3. The lowest BCUT2D eigenvalue weighted by Crippen LogP contribution is -2.28. The number of hydrogen-bond donors (Lipinski definition) is 0. The fourth-order valence-electron chi connectivity index (χ4n) is 25.7. The summed E-state index contributed by atoms with van der Waals surface area (Å²) in [5, 5.41) is 9.61. The first kappa shape index (κ1) is 92.3. The predicted molar refractivity (Wildman–Crippen MR) is 598 cm³/mol. The molecular formula is C140H101F5N4. The predicted octanol–water partition coefficient (Wildman–Crippen LogP) is 36.6. The maximum absolute atomic E-state index is 16.3. The molecule has 0 saturated carbocycles. The molecule has 9 heteroatoms. The van der Waals surface area contributed by atoms with Gasteiger partial charge in [-0.25, -0.2) is 8.78 Å². The van der Waals surface area contributed by atoms with E-state index in [1.807, 2.05) is 29.2 Å². The largest absolute Gasteiger partial charge is 0.416 e. The zero-order valence-corrected chi connectivity index (χ0v) is 83.1. The van der Waals surface area contributed by atoms with Crippen molar-refractivity contribution in [2.24, 2.45) is 0 Å². The Labute approximate surface area is 866 Å². The first-order chi connectivity index (χ1) is 72.6. The van der Waals surface area contributed by atoms with Crippen LogP contribution in [0, 0.1) is 23.0 Å². The molecule has 27 rings (SSSR count). The van der Waals surface area contributed by atoms with Gasteiger partial charge in [0.2, 0.25) is 0 Å². The molecule has 0 saturated heterocycles. The summed E-state index contributed by atoms with van der Waals surface area (Å²) < 4.78 is 72.1. The molecule has 0 amide bonds. The summed E-state index contributed by atoms with van der Waals surface area (Å²) in [6.07, 6.45) is -4.43. The molecule has 21 aromatic rings. The number of hydrogen-bond acceptors (Lipinski definition) is 4. The van der Waals surface area contributed by atoms with Gasteiger partial charge in [0.15, 0.2) is 0 Å². The van der Waals surface area contributed by atoms with Crippen molar-refractivity contribution < 1.29 is 22.0 Å². The van der Waals surface area contributed by atoms with E-state index in [9.17, 15) is 22.8 Å². The first-order valence-corrected chi connectivity index (χ1v) is 50.9. The third kappa shape index (κ3) is 14.6. The SMILES string of the molecule is CC1(C)c2ccccc2-c2ccc(N(c3ccc(C(F)(F)F)cc3)c3ccc4c(c3)C(c3ccccc3)(c3ccccc3)c3ccccc3-4)cc21.CC1(C)c2ccccc2-c2ccc(N(c3ccc(F)cc3)c3ccc4c(c3)C(c3ccccc3)(c3ccccc3)c3ccccc3-4)cc21.CC1(C)c2ccccc2-c2ccc(N(c3ccc4c(c3)C(c3ccccc3)(c3ccccc3)c3ccccc3-4)c3ccc(C#N)cc3F)cc21. The van der Waals surface area contributed by atoms with Gasteiger partial charge in [0.25, 0.3) is 0 Å². The highest BCUT2D eigenvalue weighted by atomic mass is 19.4. The molecule has 0 aliphatic heterocycles. The van der Waals surface area contributed by atoms with E-state index < -0.39 is 33.8 Å². The zero-order chi connectivity index (χ0) is 101. The lowest BCUT2D eigenvalue weighted by atomic mass is 9.67. The average molecular weight is 1930 g/mol. The van der Waals surface area contributed by atoms with E-state index in [-0.39, 0.29) is 27.6 Å². The monoisotopic (exact) mass is 1930 g/mol. The number of nitrogens with zero attached hydrogens (tertiary/aromatic N) is 4. The summed E-state index contributed by atoms with van der Waals surface area (Å²) >= 11 is 0. The number of fused-ring (bicyclic) bond motifs is 18. The van der Waals surface area contributed by atoms with Crippen LogP contribution < -0.4 is 14.7 Å². The van der Waals surface area contributed by atoms with Crippen molar-refractivity contribution in [2.75, 3.05) is 14.7 Å². The van der Waals surface area contributed by atoms with Gasteiger partial charge in [-0.3, -0.25) is 0 Å². The molecular weight excluding hydrogens is 1830 g/mol. The van der Waals surface area contributed by atoms with Crippen LogP contribution in [-0.2, 0) is 38.7 Å². The Kier molecular flexibility index (Phi) is 22.2. The maximum atomic E-state index is 16.3. The van der Waals surface area contributed by atoms with E-state index in [0.717, 1.165) is 73.2 Å². The number of nitriles is 1. The molecule has 0 spiro atoms. The van der Waals surface area contributed by atoms with Gasteiger partial charge in [0, 0.05) is 61.7 Å². The molecule has 6 aliphatic rings. The van der Waals surface area contributed by atoms with E-state index >= 15 is 4.39 Å². The van der Waals surface area contributed by atoms with E-state index in [1.54, 1.807) is 36.4 Å². The summed E-state index contributed by atoms with van der Waals surface area (Å²) in [6, 6.07) is 175. The van der Waals surface area contributed by atoms with Crippen LogP contribution >= 0.6 is 0 Å². The van der Waals surface area contributed by atoms with Crippen molar-refractivity contribution in [2.45, 2.75) is 80.2 Å². The third-order valence-corrected chi connectivity index (χ3v) is 32.4. The van der Waals surface area contributed by atoms with Crippen molar-refractivity contribution in [3.05, 3.63) is 626 Å². The van der Waals surface area contributed by atoms with Gasteiger partial charge in [0.05, 0.1) is 39.1 Å². The zero-order valence-electron chi connectivity index (χ0n) is 83.1. The molecule has 0 unspecified atom stereocenters. The lowest BCUT2D eigenvalue weighted by Gasteiger charge is -2.35. The molecule has 0 atom stereocenters. The summed E-state index contributed by atoms with van der Waals surface area (Å²) in [7, 11) is 0.